The van der Waals surface area contributed by atoms with Crippen LogP contribution in [0.5, 0.6) is 5.75 Å². The molecular formula is C20H23NO4. The van der Waals surface area contributed by atoms with Crippen LogP contribution < -0.4 is 10.1 Å². The Morgan fingerprint density at radius 1 is 1.04 bits per heavy atom. The number of aryl methyl sites for hydroxylation is 1. The van der Waals surface area contributed by atoms with E-state index in [-0.39, 0.29) is 18.9 Å². The van der Waals surface area contributed by atoms with Crippen molar-refractivity contribution >= 4 is 17.6 Å². The van der Waals surface area contributed by atoms with E-state index in [1.807, 2.05) is 51.1 Å². The topological polar surface area (TPSA) is 64.6 Å². The number of hydrogen-bond acceptors (Lipinski definition) is 4. The minimum Gasteiger partial charge on any atom is -0.494 e. The highest BCUT2D eigenvalue weighted by Crippen LogP contribution is 2.17. The third-order valence-electron chi connectivity index (χ3n) is 3.83. The lowest BCUT2D eigenvalue weighted by atomic mass is 10.1. The Bertz CT molecular complexity index is 738. The molecule has 0 aliphatic rings. The third kappa shape index (κ3) is 5.64. The highest BCUT2D eigenvalue weighted by Gasteiger charge is 2.10. The van der Waals surface area contributed by atoms with Crippen LogP contribution in [-0.2, 0) is 20.7 Å². The molecule has 5 heteroatoms. The standard InChI is InChI=1S/C20H23NO4/c1-4-24-17-10-8-16(9-11-17)12-20(23)25-13-19(22)21-18-7-5-6-14(2)15(18)3/h5-11H,4,12-13H2,1-3H3,(H,21,22). The average molecular weight is 341 g/mol. The summed E-state index contributed by atoms with van der Waals surface area (Å²) in [5.41, 5.74) is 3.62. The van der Waals surface area contributed by atoms with Crippen molar-refractivity contribution in [3.8, 4) is 5.75 Å². The first-order valence-corrected chi connectivity index (χ1v) is 8.23. The van der Waals surface area contributed by atoms with E-state index in [1.54, 1.807) is 12.1 Å². The molecule has 1 amide bonds. The maximum absolute atomic E-state index is 11.9. The van der Waals surface area contributed by atoms with Crippen molar-refractivity contribution < 1.29 is 19.1 Å². The summed E-state index contributed by atoms with van der Waals surface area (Å²) in [5.74, 6) is -0.0402. The maximum Gasteiger partial charge on any atom is 0.310 e. The van der Waals surface area contributed by atoms with Crippen molar-refractivity contribution in [2.75, 3.05) is 18.5 Å². The van der Waals surface area contributed by atoms with E-state index < -0.39 is 5.97 Å². The number of ether oxygens (including phenoxy) is 2. The molecule has 0 bridgehead atoms. The number of carbonyl (C=O) groups excluding carboxylic acids is 2. The number of rotatable bonds is 7. The first-order chi connectivity index (χ1) is 12.0. The van der Waals surface area contributed by atoms with Crippen molar-refractivity contribution in [1.82, 2.24) is 0 Å². The molecule has 2 aromatic rings. The van der Waals surface area contributed by atoms with Crippen LogP contribution in [0.2, 0.25) is 0 Å². The number of amides is 1. The summed E-state index contributed by atoms with van der Waals surface area (Å²) >= 11 is 0. The van der Waals surface area contributed by atoms with Gasteiger partial charge in [-0.05, 0) is 55.7 Å². The Kier molecular flexibility index (Phi) is 6.57. The molecule has 0 aliphatic heterocycles. The van der Waals surface area contributed by atoms with Crippen LogP contribution in [0.25, 0.3) is 0 Å². The van der Waals surface area contributed by atoms with Gasteiger partial charge in [0.1, 0.15) is 5.75 Å². The van der Waals surface area contributed by atoms with Gasteiger partial charge in [0.15, 0.2) is 6.61 Å². The van der Waals surface area contributed by atoms with Crippen molar-refractivity contribution in [1.29, 1.82) is 0 Å². The van der Waals surface area contributed by atoms with Gasteiger partial charge in [0.05, 0.1) is 13.0 Å². The molecule has 5 nitrogen and oxygen atoms in total. The molecule has 0 saturated heterocycles. The lowest BCUT2D eigenvalue weighted by molar-refractivity contribution is -0.146. The quantitative estimate of drug-likeness (QED) is 0.784. The van der Waals surface area contributed by atoms with Crippen molar-refractivity contribution in [3.05, 3.63) is 59.2 Å². The van der Waals surface area contributed by atoms with Gasteiger partial charge in [-0.1, -0.05) is 24.3 Å². The van der Waals surface area contributed by atoms with Gasteiger partial charge in [0.25, 0.3) is 5.91 Å². The van der Waals surface area contributed by atoms with Crippen LogP contribution in [0, 0.1) is 13.8 Å². The van der Waals surface area contributed by atoms with E-state index >= 15 is 0 Å². The zero-order valence-electron chi connectivity index (χ0n) is 14.8. The average Bonchev–Trinajstić information content (AvgIpc) is 2.59. The minimum absolute atomic E-state index is 0.114. The Morgan fingerprint density at radius 2 is 1.76 bits per heavy atom. The zero-order chi connectivity index (χ0) is 18.2. The van der Waals surface area contributed by atoms with E-state index in [0.717, 1.165) is 28.1 Å². The molecule has 0 saturated carbocycles. The summed E-state index contributed by atoms with van der Waals surface area (Å²) in [6.45, 7) is 6.11. The fourth-order valence-corrected chi connectivity index (χ4v) is 2.31. The molecule has 0 radical (unpaired) electrons. The summed E-state index contributed by atoms with van der Waals surface area (Å²) in [6, 6.07) is 12.9. The molecule has 0 aliphatic carbocycles. The molecule has 0 atom stereocenters. The van der Waals surface area contributed by atoms with Gasteiger partial charge < -0.3 is 14.8 Å². The summed E-state index contributed by atoms with van der Waals surface area (Å²) in [6.07, 6.45) is 0.114. The second-order valence-corrected chi connectivity index (χ2v) is 5.71. The molecule has 2 rings (SSSR count). The van der Waals surface area contributed by atoms with E-state index in [9.17, 15) is 9.59 Å². The second-order valence-electron chi connectivity index (χ2n) is 5.71. The minimum atomic E-state index is -0.444. The van der Waals surface area contributed by atoms with Crippen LogP contribution in [0.15, 0.2) is 42.5 Å². The van der Waals surface area contributed by atoms with Gasteiger partial charge in [-0.25, -0.2) is 0 Å². The summed E-state index contributed by atoms with van der Waals surface area (Å²) < 4.78 is 10.4. The predicted molar refractivity (Wildman–Crippen MR) is 96.8 cm³/mol. The first-order valence-electron chi connectivity index (χ1n) is 8.23. The molecule has 0 heterocycles. The largest absolute Gasteiger partial charge is 0.494 e. The molecule has 25 heavy (non-hydrogen) atoms. The Balaban J connectivity index is 1.81. The Morgan fingerprint density at radius 3 is 2.44 bits per heavy atom. The van der Waals surface area contributed by atoms with Gasteiger partial charge in [-0.15, -0.1) is 0 Å². The van der Waals surface area contributed by atoms with E-state index in [4.69, 9.17) is 9.47 Å². The highest BCUT2D eigenvalue weighted by atomic mass is 16.5. The fourth-order valence-electron chi connectivity index (χ4n) is 2.31. The number of hydrogen-bond donors (Lipinski definition) is 1. The lowest BCUT2D eigenvalue weighted by Gasteiger charge is -2.10. The van der Waals surface area contributed by atoms with Gasteiger partial charge in [-0.3, -0.25) is 9.59 Å². The van der Waals surface area contributed by atoms with Crippen LogP contribution >= 0.6 is 0 Å². The van der Waals surface area contributed by atoms with Gasteiger partial charge in [0, 0.05) is 5.69 Å². The lowest BCUT2D eigenvalue weighted by Crippen LogP contribution is -2.22. The van der Waals surface area contributed by atoms with Gasteiger partial charge in [-0.2, -0.15) is 0 Å². The van der Waals surface area contributed by atoms with Crippen LogP contribution in [0.1, 0.15) is 23.6 Å². The molecule has 132 valence electrons. The Hall–Kier alpha value is -2.82. The number of nitrogens with one attached hydrogen (secondary N) is 1. The zero-order valence-corrected chi connectivity index (χ0v) is 14.8. The summed E-state index contributed by atoms with van der Waals surface area (Å²) in [5, 5.41) is 2.76. The van der Waals surface area contributed by atoms with E-state index in [1.165, 1.54) is 0 Å². The van der Waals surface area contributed by atoms with Crippen molar-refractivity contribution in [2.45, 2.75) is 27.2 Å². The monoisotopic (exact) mass is 341 g/mol. The third-order valence-corrected chi connectivity index (χ3v) is 3.83. The summed E-state index contributed by atoms with van der Waals surface area (Å²) in [4.78, 5) is 23.8. The van der Waals surface area contributed by atoms with Crippen LogP contribution in [0.4, 0.5) is 5.69 Å². The fraction of sp³-hybridized carbons (Fsp3) is 0.300. The number of carbonyl (C=O) groups is 2. The molecule has 0 unspecified atom stereocenters. The Labute approximate surface area is 148 Å². The van der Waals surface area contributed by atoms with E-state index in [0.29, 0.717) is 6.61 Å². The van der Waals surface area contributed by atoms with Crippen LogP contribution in [-0.4, -0.2) is 25.1 Å². The normalized spacial score (nSPS) is 10.2. The highest BCUT2D eigenvalue weighted by molar-refractivity contribution is 5.93. The SMILES string of the molecule is CCOc1ccc(CC(=O)OCC(=O)Nc2cccc(C)c2C)cc1. The van der Waals surface area contributed by atoms with Crippen molar-refractivity contribution in [2.24, 2.45) is 0 Å². The molecule has 0 aromatic heterocycles. The second kappa shape index (κ2) is 8.87. The van der Waals surface area contributed by atoms with Gasteiger partial charge in [0.2, 0.25) is 0 Å². The summed E-state index contributed by atoms with van der Waals surface area (Å²) in [7, 11) is 0. The van der Waals surface area contributed by atoms with Crippen molar-refractivity contribution in [3.63, 3.8) is 0 Å². The number of esters is 1. The molecular weight excluding hydrogens is 318 g/mol. The molecule has 0 spiro atoms. The predicted octanol–water partition coefficient (Wildman–Crippen LogP) is 3.43. The molecule has 2 aromatic carbocycles. The number of anilines is 1. The molecule has 0 fully saturated rings. The van der Waals surface area contributed by atoms with Crippen LogP contribution in [0.3, 0.4) is 0 Å². The molecule has 1 N–H and O–H groups in total. The first kappa shape index (κ1) is 18.5. The number of benzene rings is 2. The van der Waals surface area contributed by atoms with E-state index in [2.05, 4.69) is 5.32 Å². The van der Waals surface area contributed by atoms with Gasteiger partial charge >= 0.3 is 5.97 Å². The smallest absolute Gasteiger partial charge is 0.310 e. The maximum atomic E-state index is 11.9.